The average molecular weight is 174 g/mol. The fourth-order valence-corrected chi connectivity index (χ4v) is 0. The quantitative estimate of drug-likeness (QED) is 0.319. The molecule has 7 heteroatoms. The Bertz CT molecular complexity index is 108. The standard InChI is InChI=1S/C2H4O.H2O4S2/c1-2-3;1-5(2)6(3)4/h2H,1H3;(H,1,2)(H,3,4). The minimum absolute atomic E-state index is 0.750. The lowest BCUT2D eigenvalue weighted by atomic mass is 11.0. The average Bonchev–Trinajstić information content (AvgIpc) is 1.68. The normalized spacial score (nSPS) is 14.6. The zero-order valence-electron chi connectivity index (χ0n) is 4.51. The van der Waals surface area contributed by atoms with Crippen molar-refractivity contribution in [1.29, 1.82) is 0 Å². The highest BCUT2D eigenvalue weighted by Crippen LogP contribution is 1.74. The summed E-state index contributed by atoms with van der Waals surface area (Å²) in [6.45, 7) is 1.44. The van der Waals surface area contributed by atoms with Crippen LogP contribution in [0.3, 0.4) is 0 Å². The topological polar surface area (TPSA) is 91.7 Å². The molecule has 2 N–H and O–H groups in total. The van der Waals surface area contributed by atoms with Gasteiger partial charge >= 0.3 is 0 Å². The maximum atomic E-state index is 9.26. The third-order valence-electron chi connectivity index (χ3n) is 0.122. The SMILES string of the molecule is CC=O.O=S(O)S(=O)O. The third kappa shape index (κ3) is 18.1. The second kappa shape index (κ2) is 7.89. The van der Waals surface area contributed by atoms with Gasteiger partial charge in [0.05, 0.1) is 0 Å². The van der Waals surface area contributed by atoms with Crippen LogP contribution in [0.15, 0.2) is 0 Å². The van der Waals surface area contributed by atoms with Crippen LogP contribution >= 0.6 is 0 Å². The van der Waals surface area contributed by atoms with E-state index >= 15 is 0 Å². The van der Waals surface area contributed by atoms with Gasteiger partial charge in [0.2, 0.25) is 0 Å². The van der Waals surface area contributed by atoms with Crippen LogP contribution in [0, 0.1) is 0 Å². The number of hydrogen-bond donors (Lipinski definition) is 2. The second-order valence-electron chi connectivity index (χ2n) is 0.670. The predicted octanol–water partition coefficient (Wildman–Crippen LogP) is -0.450. The number of aldehydes is 1. The van der Waals surface area contributed by atoms with E-state index in [-0.39, 0.29) is 0 Å². The Hall–Kier alpha value is -0.110. The van der Waals surface area contributed by atoms with Gasteiger partial charge in [-0.15, -0.1) is 0 Å². The molecular weight excluding hydrogens is 168 g/mol. The van der Waals surface area contributed by atoms with Crippen LogP contribution in [0.5, 0.6) is 0 Å². The van der Waals surface area contributed by atoms with Gasteiger partial charge in [-0.05, 0) is 6.92 Å². The summed E-state index contributed by atoms with van der Waals surface area (Å²) in [5.41, 5.74) is 0. The van der Waals surface area contributed by atoms with Crippen molar-refractivity contribution in [2.24, 2.45) is 0 Å². The van der Waals surface area contributed by atoms with Crippen LogP contribution in [-0.4, -0.2) is 23.8 Å². The van der Waals surface area contributed by atoms with Crippen molar-refractivity contribution in [3.8, 4) is 0 Å². The van der Waals surface area contributed by atoms with E-state index in [0.717, 1.165) is 6.29 Å². The van der Waals surface area contributed by atoms with Crippen LogP contribution in [0.2, 0.25) is 0 Å². The van der Waals surface area contributed by atoms with Crippen molar-refractivity contribution < 1.29 is 22.3 Å². The first kappa shape index (κ1) is 11.7. The molecule has 5 nitrogen and oxygen atoms in total. The fraction of sp³-hybridized carbons (Fsp3) is 0.500. The molecule has 0 aliphatic carbocycles. The summed E-state index contributed by atoms with van der Waals surface area (Å²) in [4.78, 5) is 8.81. The van der Waals surface area contributed by atoms with Gasteiger partial charge in [-0.25, -0.2) is 8.42 Å². The van der Waals surface area contributed by atoms with Crippen LogP contribution in [0.25, 0.3) is 0 Å². The highest BCUT2D eigenvalue weighted by molar-refractivity contribution is 8.56. The van der Waals surface area contributed by atoms with E-state index in [0.29, 0.717) is 0 Å². The molecule has 0 radical (unpaired) electrons. The molecule has 0 aromatic carbocycles. The van der Waals surface area contributed by atoms with E-state index in [4.69, 9.17) is 13.9 Å². The van der Waals surface area contributed by atoms with E-state index in [1.807, 2.05) is 0 Å². The zero-order valence-corrected chi connectivity index (χ0v) is 6.15. The van der Waals surface area contributed by atoms with Crippen molar-refractivity contribution in [2.45, 2.75) is 6.92 Å². The van der Waals surface area contributed by atoms with Gasteiger partial charge < -0.3 is 4.79 Å². The van der Waals surface area contributed by atoms with Crippen molar-refractivity contribution in [1.82, 2.24) is 0 Å². The lowest BCUT2D eigenvalue weighted by Gasteiger charge is -1.74. The van der Waals surface area contributed by atoms with Gasteiger partial charge in [-0.2, -0.15) is 0 Å². The molecule has 0 saturated heterocycles. The van der Waals surface area contributed by atoms with E-state index in [1.54, 1.807) is 0 Å². The van der Waals surface area contributed by atoms with Crippen LogP contribution < -0.4 is 0 Å². The fourth-order valence-electron chi connectivity index (χ4n) is 0. The first-order chi connectivity index (χ1) is 4.06. The molecule has 2 atom stereocenters. The van der Waals surface area contributed by atoms with Gasteiger partial charge in [0.25, 0.3) is 20.2 Å². The monoisotopic (exact) mass is 174 g/mol. The molecule has 56 valence electrons. The second-order valence-corrected chi connectivity index (χ2v) is 3.25. The maximum absolute atomic E-state index is 9.26. The van der Waals surface area contributed by atoms with E-state index in [2.05, 4.69) is 0 Å². The molecule has 0 heterocycles. The molecule has 0 saturated carbocycles. The first-order valence-corrected chi connectivity index (χ1v) is 4.41. The Morgan fingerprint density at radius 3 is 1.33 bits per heavy atom. The minimum Gasteiger partial charge on any atom is -0.304 e. The largest absolute Gasteiger partial charge is 0.304 e. The summed E-state index contributed by atoms with van der Waals surface area (Å²) in [7, 11) is -5.18. The Balaban J connectivity index is 0. The minimum atomic E-state index is -2.59. The number of rotatable bonds is 1. The summed E-state index contributed by atoms with van der Waals surface area (Å²) >= 11 is 0. The molecule has 0 spiro atoms. The van der Waals surface area contributed by atoms with Crippen molar-refractivity contribution in [3.05, 3.63) is 0 Å². The Labute approximate surface area is 56.4 Å². The number of hydrogen-bond acceptors (Lipinski definition) is 3. The molecule has 0 rings (SSSR count). The van der Waals surface area contributed by atoms with Crippen LogP contribution in [0.1, 0.15) is 6.92 Å². The van der Waals surface area contributed by atoms with Gasteiger partial charge in [-0.1, -0.05) is 0 Å². The lowest BCUT2D eigenvalue weighted by Crippen LogP contribution is -1.93. The predicted molar refractivity (Wildman–Crippen MR) is 33.3 cm³/mol. The molecular formula is C2H6O5S2. The van der Waals surface area contributed by atoms with Crippen molar-refractivity contribution >= 4 is 26.5 Å². The van der Waals surface area contributed by atoms with Gasteiger partial charge in [0, 0.05) is 0 Å². The summed E-state index contributed by atoms with van der Waals surface area (Å²) in [5, 5.41) is 0. The third-order valence-corrected chi connectivity index (χ3v) is 1.10. The Morgan fingerprint density at radius 1 is 1.22 bits per heavy atom. The lowest BCUT2D eigenvalue weighted by molar-refractivity contribution is -0.106. The summed E-state index contributed by atoms with van der Waals surface area (Å²) in [6, 6.07) is 0. The summed E-state index contributed by atoms with van der Waals surface area (Å²) in [6.07, 6.45) is 0.750. The number of carbonyl (C=O) groups is 1. The molecule has 0 amide bonds. The zero-order chi connectivity index (χ0) is 7.86. The van der Waals surface area contributed by atoms with E-state index in [9.17, 15) is 8.42 Å². The van der Waals surface area contributed by atoms with E-state index in [1.165, 1.54) is 6.92 Å². The van der Waals surface area contributed by atoms with Crippen LogP contribution in [-0.2, 0) is 25.0 Å². The van der Waals surface area contributed by atoms with Gasteiger partial charge in [0.15, 0.2) is 0 Å². The Morgan fingerprint density at radius 2 is 1.33 bits per heavy atom. The maximum Gasteiger partial charge on any atom is 0.274 e. The molecule has 0 aliphatic heterocycles. The van der Waals surface area contributed by atoms with Gasteiger partial charge in [-0.3, -0.25) is 9.11 Å². The number of carbonyl (C=O) groups excluding carboxylic acids is 1. The molecule has 0 aromatic heterocycles. The highest BCUT2D eigenvalue weighted by atomic mass is 33.2. The van der Waals surface area contributed by atoms with Crippen LogP contribution in [0.4, 0.5) is 0 Å². The summed E-state index contributed by atoms with van der Waals surface area (Å²) < 4.78 is 33.6. The molecule has 0 fully saturated rings. The molecule has 0 bridgehead atoms. The Kier molecular flexibility index (Phi) is 10.2. The molecule has 0 aromatic rings. The van der Waals surface area contributed by atoms with E-state index < -0.39 is 20.2 Å². The molecule has 9 heavy (non-hydrogen) atoms. The molecule has 0 aliphatic rings. The molecule has 2 unspecified atom stereocenters. The van der Waals surface area contributed by atoms with Crippen molar-refractivity contribution in [3.63, 3.8) is 0 Å². The highest BCUT2D eigenvalue weighted by Gasteiger charge is 1.95. The van der Waals surface area contributed by atoms with Crippen molar-refractivity contribution in [2.75, 3.05) is 0 Å². The summed E-state index contributed by atoms with van der Waals surface area (Å²) in [5.74, 6) is 0. The van der Waals surface area contributed by atoms with Gasteiger partial charge in [0.1, 0.15) is 6.29 Å². The first-order valence-electron chi connectivity index (χ1n) is 1.68. The smallest absolute Gasteiger partial charge is 0.274 e.